The zero-order valence-corrected chi connectivity index (χ0v) is 17.1. The molecule has 3 aromatic rings. The SMILES string of the molecule is N#Cc1ccc(-c2cc(N3CCCC(C(=O)Nc4ccccc4F)C3)nc(N)n2)cc1F. The second-order valence-corrected chi connectivity index (χ2v) is 7.53. The molecule has 2 heterocycles. The van der Waals surface area contributed by atoms with Gasteiger partial charge in [-0.1, -0.05) is 18.2 Å². The van der Waals surface area contributed by atoms with Crippen molar-refractivity contribution >= 4 is 23.4 Å². The number of nitrogens with two attached hydrogens (primary N) is 1. The van der Waals surface area contributed by atoms with Crippen LogP contribution in [-0.2, 0) is 4.79 Å². The highest BCUT2D eigenvalue weighted by Crippen LogP contribution is 2.28. The number of benzene rings is 2. The van der Waals surface area contributed by atoms with E-state index in [1.54, 1.807) is 30.3 Å². The van der Waals surface area contributed by atoms with Crippen LogP contribution in [0.5, 0.6) is 0 Å². The molecule has 1 saturated heterocycles. The highest BCUT2D eigenvalue weighted by Gasteiger charge is 2.27. The van der Waals surface area contributed by atoms with Crippen LogP contribution in [0.1, 0.15) is 18.4 Å². The lowest BCUT2D eigenvalue weighted by molar-refractivity contribution is -0.120. The lowest BCUT2D eigenvalue weighted by atomic mass is 9.97. The number of amides is 1. The minimum Gasteiger partial charge on any atom is -0.368 e. The number of halogens is 2. The molecule has 0 saturated carbocycles. The molecule has 2 aromatic carbocycles. The monoisotopic (exact) mass is 434 g/mol. The lowest BCUT2D eigenvalue weighted by Crippen LogP contribution is -2.41. The number of nitrogens with one attached hydrogen (secondary N) is 1. The summed E-state index contributed by atoms with van der Waals surface area (Å²) in [4.78, 5) is 23.1. The number of carbonyl (C=O) groups excluding carboxylic acids is 1. The summed E-state index contributed by atoms with van der Waals surface area (Å²) in [5, 5.41) is 11.6. The lowest BCUT2D eigenvalue weighted by Gasteiger charge is -2.33. The molecule has 1 aromatic heterocycles. The summed E-state index contributed by atoms with van der Waals surface area (Å²) in [5.74, 6) is -1.24. The molecule has 1 amide bonds. The van der Waals surface area contributed by atoms with Crippen LogP contribution in [0.4, 0.5) is 26.2 Å². The third kappa shape index (κ3) is 4.49. The highest BCUT2D eigenvalue weighted by atomic mass is 19.1. The van der Waals surface area contributed by atoms with Crippen LogP contribution in [0.3, 0.4) is 0 Å². The Morgan fingerprint density at radius 1 is 1.16 bits per heavy atom. The summed E-state index contributed by atoms with van der Waals surface area (Å²) >= 11 is 0. The normalized spacial score (nSPS) is 15.8. The maximum atomic E-state index is 14.1. The van der Waals surface area contributed by atoms with E-state index in [-0.39, 0.29) is 29.0 Å². The van der Waals surface area contributed by atoms with Gasteiger partial charge in [-0.3, -0.25) is 4.79 Å². The number of para-hydroxylation sites is 1. The van der Waals surface area contributed by atoms with Crippen molar-refractivity contribution < 1.29 is 13.6 Å². The maximum Gasteiger partial charge on any atom is 0.229 e. The van der Waals surface area contributed by atoms with E-state index >= 15 is 0 Å². The maximum absolute atomic E-state index is 14.1. The van der Waals surface area contributed by atoms with Crippen LogP contribution >= 0.6 is 0 Å². The van der Waals surface area contributed by atoms with Crippen molar-refractivity contribution in [1.82, 2.24) is 9.97 Å². The van der Waals surface area contributed by atoms with Crippen molar-refractivity contribution in [2.45, 2.75) is 12.8 Å². The van der Waals surface area contributed by atoms with E-state index in [4.69, 9.17) is 11.0 Å². The fourth-order valence-corrected chi connectivity index (χ4v) is 3.72. The highest BCUT2D eigenvalue weighted by molar-refractivity contribution is 5.93. The predicted octanol–water partition coefficient (Wildman–Crippen LogP) is 3.73. The Hall–Kier alpha value is -4.06. The number of rotatable bonds is 4. The molecule has 3 N–H and O–H groups in total. The first-order valence-corrected chi connectivity index (χ1v) is 10.1. The van der Waals surface area contributed by atoms with Crippen molar-refractivity contribution in [2.75, 3.05) is 29.0 Å². The van der Waals surface area contributed by atoms with Crippen LogP contribution < -0.4 is 16.0 Å². The van der Waals surface area contributed by atoms with Crippen LogP contribution in [0, 0.1) is 28.9 Å². The molecule has 0 bridgehead atoms. The van der Waals surface area contributed by atoms with Gasteiger partial charge in [-0.15, -0.1) is 0 Å². The van der Waals surface area contributed by atoms with Gasteiger partial charge in [0.1, 0.15) is 23.5 Å². The van der Waals surface area contributed by atoms with Crippen molar-refractivity contribution in [3.05, 3.63) is 65.7 Å². The summed E-state index contributed by atoms with van der Waals surface area (Å²) in [6.07, 6.45) is 1.39. The number of nitrogen functional groups attached to an aromatic ring is 1. The number of anilines is 3. The zero-order valence-electron chi connectivity index (χ0n) is 17.1. The van der Waals surface area contributed by atoms with E-state index in [1.165, 1.54) is 24.3 Å². The van der Waals surface area contributed by atoms with E-state index in [1.807, 2.05) is 4.90 Å². The Labute approximate surface area is 183 Å². The summed E-state index contributed by atoms with van der Waals surface area (Å²) in [6, 6.07) is 13.7. The molecule has 0 aliphatic carbocycles. The first-order valence-electron chi connectivity index (χ1n) is 10.1. The summed E-state index contributed by atoms with van der Waals surface area (Å²) in [6.45, 7) is 1.03. The molecule has 0 spiro atoms. The average Bonchev–Trinajstić information content (AvgIpc) is 2.80. The van der Waals surface area contributed by atoms with E-state index in [2.05, 4.69) is 15.3 Å². The molecule has 1 fully saturated rings. The standard InChI is InChI=1S/C23H20F2N6O/c24-17-5-1-2-6-19(17)28-22(32)16-4-3-9-31(13-16)21-11-20(29-23(27)30-21)14-7-8-15(12-26)18(25)10-14/h1-2,5-8,10-11,16H,3-4,9,13H2,(H,28,32)(H2,27,29,30). The number of nitrogens with zero attached hydrogens (tertiary/aromatic N) is 4. The first kappa shape index (κ1) is 21.2. The smallest absolute Gasteiger partial charge is 0.229 e. The summed E-state index contributed by atoms with van der Waals surface area (Å²) in [5.41, 5.74) is 6.85. The van der Waals surface area contributed by atoms with Gasteiger partial charge >= 0.3 is 0 Å². The van der Waals surface area contributed by atoms with Crippen molar-refractivity contribution in [3.8, 4) is 17.3 Å². The average molecular weight is 434 g/mol. The molecule has 1 atom stereocenters. The molecule has 7 nitrogen and oxygen atoms in total. The van der Waals surface area contributed by atoms with Crippen LogP contribution in [-0.4, -0.2) is 29.0 Å². The van der Waals surface area contributed by atoms with E-state index in [0.717, 1.165) is 6.42 Å². The van der Waals surface area contributed by atoms with Crippen LogP contribution in [0.2, 0.25) is 0 Å². The minimum atomic E-state index is -0.647. The van der Waals surface area contributed by atoms with Crippen LogP contribution in [0.25, 0.3) is 11.3 Å². The van der Waals surface area contributed by atoms with Crippen molar-refractivity contribution in [3.63, 3.8) is 0 Å². The van der Waals surface area contributed by atoms with Gasteiger partial charge in [-0.25, -0.2) is 13.8 Å². The molecule has 1 aliphatic rings. The molecule has 1 aliphatic heterocycles. The summed E-state index contributed by atoms with van der Waals surface area (Å²) < 4.78 is 27.9. The van der Waals surface area contributed by atoms with Crippen LogP contribution in [0.15, 0.2) is 48.5 Å². The van der Waals surface area contributed by atoms with Gasteiger partial charge < -0.3 is 16.0 Å². The number of piperidine rings is 1. The fraction of sp³-hybridized carbons (Fsp3) is 0.217. The van der Waals surface area contributed by atoms with Gasteiger partial charge in [0.2, 0.25) is 11.9 Å². The fourth-order valence-electron chi connectivity index (χ4n) is 3.72. The minimum absolute atomic E-state index is 0.0141. The number of hydrogen-bond donors (Lipinski definition) is 2. The molecular formula is C23H20F2N6O. The molecule has 9 heteroatoms. The molecular weight excluding hydrogens is 414 g/mol. The van der Waals surface area contributed by atoms with Gasteiger partial charge in [0.15, 0.2) is 0 Å². The largest absolute Gasteiger partial charge is 0.368 e. The van der Waals surface area contributed by atoms with Gasteiger partial charge in [0.05, 0.1) is 22.9 Å². The van der Waals surface area contributed by atoms with Gasteiger partial charge in [-0.2, -0.15) is 10.2 Å². The molecule has 1 unspecified atom stereocenters. The number of aromatic nitrogens is 2. The van der Waals surface area contributed by atoms with Gasteiger partial charge in [0, 0.05) is 24.7 Å². The Kier molecular flexibility index (Phi) is 5.94. The quantitative estimate of drug-likeness (QED) is 0.648. The third-order valence-electron chi connectivity index (χ3n) is 5.36. The zero-order chi connectivity index (χ0) is 22.7. The third-order valence-corrected chi connectivity index (χ3v) is 5.36. The molecule has 0 radical (unpaired) electrons. The van der Waals surface area contributed by atoms with Gasteiger partial charge in [-0.05, 0) is 37.1 Å². The molecule has 32 heavy (non-hydrogen) atoms. The van der Waals surface area contributed by atoms with E-state index < -0.39 is 11.6 Å². The van der Waals surface area contributed by atoms with Gasteiger partial charge in [0.25, 0.3) is 0 Å². The molecule has 162 valence electrons. The van der Waals surface area contributed by atoms with Crippen molar-refractivity contribution in [2.24, 2.45) is 5.92 Å². The number of nitriles is 1. The van der Waals surface area contributed by atoms with Crippen molar-refractivity contribution in [1.29, 1.82) is 5.26 Å². The number of carbonyl (C=O) groups is 1. The summed E-state index contributed by atoms with van der Waals surface area (Å²) in [7, 11) is 0. The number of hydrogen-bond acceptors (Lipinski definition) is 6. The Balaban J connectivity index is 1.54. The molecule has 4 rings (SSSR count). The Bertz CT molecular complexity index is 1210. The topological polar surface area (TPSA) is 108 Å². The van der Waals surface area contributed by atoms with E-state index in [9.17, 15) is 13.6 Å². The second-order valence-electron chi connectivity index (χ2n) is 7.53. The van der Waals surface area contributed by atoms with E-state index in [0.29, 0.717) is 36.6 Å². The first-order chi connectivity index (χ1) is 15.4. The second kappa shape index (κ2) is 8.98. The Morgan fingerprint density at radius 3 is 2.72 bits per heavy atom. The Morgan fingerprint density at radius 2 is 1.97 bits per heavy atom. The predicted molar refractivity (Wildman–Crippen MR) is 117 cm³/mol.